The Hall–Kier alpha value is -1.76. The number of carbonyl (C=O) groups is 1. The molecule has 2 heterocycles. The Bertz CT molecular complexity index is 723. The molecule has 1 aromatic heterocycles. The van der Waals surface area contributed by atoms with E-state index >= 15 is 0 Å². The Morgan fingerprint density at radius 1 is 1.28 bits per heavy atom. The van der Waals surface area contributed by atoms with Gasteiger partial charge in [0.2, 0.25) is 5.91 Å². The molecule has 0 aliphatic carbocycles. The van der Waals surface area contributed by atoms with Gasteiger partial charge in [0, 0.05) is 54.7 Å². The fourth-order valence-corrected chi connectivity index (χ4v) is 3.52. The van der Waals surface area contributed by atoms with Crippen LogP contribution in [0.1, 0.15) is 0 Å². The number of nitrogens with one attached hydrogen (secondary N) is 1. The molecule has 1 aromatic carbocycles. The van der Waals surface area contributed by atoms with Crippen LogP contribution in [-0.2, 0) is 16.1 Å². The molecule has 6 heteroatoms. The zero-order chi connectivity index (χ0) is 17.5. The summed E-state index contributed by atoms with van der Waals surface area (Å²) in [5.74, 6) is 1.27. The van der Waals surface area contributed by atoms with E-state index < -0.39 is 0 Å². The molecule has 0 radical (unpaired) electrons. The van der Waals surface area contributed by atoms with Crippen molar-refractivity contribution in [2.75, 3.05) is 49.7 Å². The van der Waals surface area contributed by atoms with Gasteiger partial charge in [0.1, 0.15) is 0 Å². The van der Waals surface area contributed by atoms with Crippen LogP contribution in [0, 0.1) is 0 Å². The molecule has 25 heavy (non-hydrogen) atoms. The maximum absolute atomic E-state index is 11.9. The van der Waals surface area contributed by atoms with E-state index in [1.165, 1.54) is 5.52 Å². The predicted octanol–water partition coefficient (Wildman–Crippen LogP) is 2.83. The number of rotatable bonds is 8. The number of carbonyl (C=O) groups excluding carboxylic acids is 1. The van der Waals surface area contributed by atoms with Crippen molar-refractivity contribution < 1.29 is 9.53 Å². The molecule has 0 unspecified atom stereocenters. The number of amides is 1. The standard InChI is InChI=1S/C19H25N3O2S/c1-2-13-25-15-19(23)20-17-3-4-18-16(14-17)5-6-22(18)8-7-21-9-11-24-12-10-21/h2-6,14H,1,7-13,15H2,(H,20,23). The van der Waals surface area contributed by atoms with E-state index in [1.807, 2.05) is 18.2 Å². The van der Waals surface area contributed by atoms with Gasteiger partial charge in [-0.05, 0) is 24.3 Å². The normalized spacial score (nSPS) is 15.4. The van der Waals surface area contributed by atoms with Crippen LogP contribution >= 0.6 is 11.8 Å². The Labute approximate surface area is 153 Å². The molecule has 1 fully saturated rings. The summed E-state index contributed by atoms with van der Waals surface area (Å²) in [6.45, 7) is 9.35. The lowest BCUT2D eigenvalue weighted by molar-refractivity contribution is -0.113. The maximum atomic E-state index is 11.9. The number of anilines is 1. The number of fused-ring (bicyclic) bond motifs is 1. The van der Waals surface area contributed by atoms with E-state index in [4.69, 9.17) is 4.74 Å². The second kappa shape index (κ2) is 9.08. The van der Waals surface area contributed by atoms with Crippen molar-refractivity contribution in [1.29, 1.82) is 0 Å². The van der Waals surface area contributed by atoms with Crippen molar-refractivity contribution in [3.8, 4) is 0 Å². The van der Waals surface area contributed by atoms with Crippen molar-refractivity contribution in [3.63, 3.8) is 0 Å². The van der Waals surface area contributed by atoms with Crippen LogP contribution in [0.5, 0.6) is 0 Å². The molecule has 1 aliphatic rings. The maximum Gasteiger partial charge on any atom is 0.234 e. The van der Waals surface area contributed by atoms with Crippen LogP contribution in [0.2, 0.25) is 0 Å². The van der Waals surface area contributed by atoms with Crippen molar-refractivity contribution in [2.45, 2.75) is 6.54 Å². The molecule has 2 aromatic rings. The van der Waals surface area contributed by atoms with Crippen molar-refractivity contribution in [2.24, 2.45) is 0 Å². The first kappa shape index (κ1) is 18.0. The molecule has 0 bridgehead atoms. The first-order chi connectivity index (χ1) is 12.3. The summed E-state index contributed by atoms with van der Waals surface area (Å²) in [5, 5.41) is 4.11. The number of morpholine rings is 1. The largest absolute Gasteiger partial charge is 0.379 e. The Kier molecular flexibility index (Phi) is 6.55. The number of thioether (sulfide) groups is 1. The van der Waals surface area contributed by atoms with E-state index in [0.29, 0.717) is 5.75 Å². The number of ether oxygens (including phenoxy) is 1. The lowest BCUT2D eigenvalue weighted by Gasteiger charge is -2.26. The molecule has 1 amide bonds. The third-order valence-corrected chi connectivity index (χ3v) is 5.22. The van der Waals surface area contributed by atoms with Crippen LogP contribution in [0.3, 0.4) is 0 Å². The predicted molar refractivity (Wildman–Crippen MR) is 105 cm³/mol. The highest BCUT2D eigenvalue weighted by atomic mass is 32.2. The summed E-state index contributed by atoms with van der Waals surface area (Å²) in [7, 11) is 0. The highest BCUT2D eigenvalue weighted by Crippen LogP contribution is 2.21. The van der Waals surface area contributed by atoms with Crippen LogP contribution < -0.4 is 5.32 Å². The van der Waals surface area contributed by atoms with Gasteiger partial charge in [-0.2, -0.15) is 0 Å². The van der Waals surface area contributed by atoms with Crippen LogP contribution in [0.4, 0.5) is 5.69 Å². The minimum atomic E-state index is 0.0259. The average molecular weight is 359 g/mol. The summed E-state index contributed by atoms with van der Waals surface area (Å²) >= 11 is 1.56. The molecule has 5 nitrogen and oxygen atoms in total. The molecular formula is C19H25N3O2S. The first-order valence-corrected chi connectivity index (χ1v) is 9.79. The van der Waals surface area contributed by atoms with E-state index in [2.05, 4.69) is 39.7 Å². The highest BCUT2D eigenvalue weighted by molar-refractivity contribution is 8.00. The first-order valence-electron chi connectivity index (χ1n) is 8.64. The van der Waals surface area contributed by atoms with Gasteiger partial charge < -0.3 is 14.6 Å². The van der Waals surface area contributed by atoms with Crippen molar-refractivity contribution in [1.82, 2.24) is 9.47 Å². The third-order valence-electron chi connectivity index (χ3n) is 4.28. The molecule has 134 valence electrons. The molecule has 0 spiro atoms. The molecular weight excluding hydrogens is 334 g/mol. The summed E-state index contributed by atoms with van der Waals surface area (Å²) in [6.07, 6.45) is 3.93. The number of nitrogens with zero attached hydrogens (tertiary/aromatic N) is 2. The Morgan fingerprint density at radius 3 is 2.92 bits per heavy atom. The third kappa shape index (κ3) is 5.11. The van der Waals surface area contributed by atoms with Gasteiger partial charge in [0.25, 0.3) is 0 Å². The number of hydrogen-bond donors (Lipinski definition) is 1. The van der Waals surface area contributed by atoms with Crippen molar-refractivity contribution >= 4 is 34.3 Å². The van der Waals surface area contributed by atoms with E-state index in [1.54, 1.807) is 11.8 Å². The van der Waals surface area contributed by atoms with E-state index in [-0.39, 0.29) is 5.91 Å². The number of benzene rings is 1. The zero-order valence-corrected chi connectivity index (χ0v) is 15.3. The Morgan fingerprint density at radius 2 is 2.12 bits per heavy atom. The minimum absolute atomic E-state index is 0.0259. The summed E-state index contributed by atoms with van der Waals surface area (Å²) in [6, 6.07) is 8.21. The lowest BCUT2D eigenvalue weighted by Crippen LogP contribution is -2.38. The zero-order valence-electron chi connectivity index (χ0n) is 14.4. The molecule has 3 rings (SSSR count). The molecule has 1 aliphatic heterocycles. The SMILES string of the molecule is C=CCSCC(=O)Nc1ccc2c(ccn2CCN2CCOCC2)c1. The van der Waals surface area contributed by atoms with Gasteiger partial charge in [-0.25, -0.2) is 0 Å². The number of aromatic nitrogens is 1. The summed E-state index contributed by atoms with van der Waals surface area (Å²) in [5.41, 5.74) is 2.05. The summed E-state index contributed by atoms with van der Waals surface area (Å²) in [4.78, 5) is 14.4. The van der Waals surface area contributed by atoms with Crippen LogP contribution in [0.15, 0.2) is 43.1 Å². The second-order valence-corrected chi connectivity index (χ2v) is 7.12. The quantitative estimate of drug-likeness (QED) is 0.582. The number of hydrogen-bond acceptors (Lipinski definition) is 4. The minimum Gasteiger partial charge on any atom is -0.379 e. The van der Waals surface area contributed by atoms with Gasteiger partial charge in [-0.1, -0.05) is 6.08 Å². The topological polar surface area (TPSA) is 46.5 Å². The smallest absolute Gasteiger partial charge is 0.234 e. The van der Waals surface area contributed by atoms with Gasteiger partial charge in [-0.15, -0.1) is 18.3 Å². The molecule has 1 saturated heterocycles. The Balaban J connectivity index is 1.58. The van der Waals surface area contributed by atoms with Gasteiger partial charge >= 0.3 is 0 Å². The van der Waals surface area contributed by atoms with E-state index in [0.717, 1.165) is 56.2 Å². The lowest BCUT2D eigenvalue weighted by atomic mass is 10.2. The fraction of sp³-hybridized carbons (Fsp3) is 0.421. The summed E-state index contributed by atoms with van der Waals surface area (Å²) < 4.78 is 7.67. The van der Waals surface area contributed by atoms with E-state index in [9.17, 15) is 4.79 Å². The monoisotopic (exact) mass is 359 g/mol. The van der Waals surface area contributed by atoms with Gasteiger partial charge in [0.15, 0.2) is 0 Å². The molecule has 1 N–H and O–H groups in total. The van der Waals surface area contributed by atoms with Gasteiger partial charge in [-0.3, -0.25) is 9.69 Å². The molecule has 0 saturated carbocycles. The average Bonchev–Trinajstić information content (AvgIpc) is 3.03. The second-order valence-electron chi connectivity index (χ2n) is 6.09. The highest BCUT2D eigenvalue weighted by Gasteiger charge is 2.11. The fourth-order valence-electron chi connectivity index (χ4n) is 2.98. The van der Waals surface area contributed by atoms with Crippen molar-refractivity contribution in [3.05, 3.63) is 43.1 Å². The van der Waals surface area contributed by atoms with Crippen LogP contribution in [0.25, 0.3) is 10.9 Å². The van der Waals surface area contributed by atoms with Crippen LogP contribution in [-0.4, -0.2) is 59.7 Å². The van der Waals surface area contributed by atoms with Gasteiger partial charge in [0.05, 0.1) is 19.0 Å². The molecule has 0 atom stereocenters.